The number of carbonyl (C=O) groups is 2. The third-order valence-electron chi connectivity index (χ3n) is 3.75. The summed E-state index contributed by atoms with van der Waals surface area (Å²) in [6, 6.07) is 0. The molecule has 0 radical (unpaired) electrons. The molecule has 0 saturated carbocycles. The number of rotatable bonds is 4. The van der Waals surface area contributed by atoms with E-state index in [4.69, 9.17) is 18.9 Å². The van der Waals surface area contributed by atoms with Crippen LogP contribution in [0.3, 0.4) is 0 Å². The first-order valence-corrected chi connectivity index (χ1v) is 6.35. The van der Waals surface area contributed by atoms with Crippen molar-refractivity contribution in [3.8, 4) is 0 Å². The van der Waals surface area contributed by atoms with Crippen molar-refractivity contribution < 1.29 is 28.5 Å². The molecule has 0 N–H and O–H groups in total. The van der Waals surface area contributed by atoms with Crippen molar-refractivity contribution in [2.24, 2.45) is 5.92 Å². The summed E-state index contributed by atoms with van der Waals surface area (Å²) < 4.78 is 21.6. The van der Waals surface area contributed by atoms with E-state index in [0.717, 1.165) is 0 Å². The summed E-state index contributed by atoms with van der Waals surface area (Å²) in [4.78, 5) is 22.9. The highest BCUT2D eigenvalue weighted by Crippen LogP contribution is 2.47. The number of fused-ring (bicyclic) bond motifs is 1. The van der Waals surface area contributed by atoms with Gasteiger partial charge in [0.25, 0.3) is 0 Å². The quantitative estimate of drug-likeness (QED) is 0.421. The molecule has 0 aromatic heterocycles. The Kier molecular flexibility index (Phi) is 2.87. The second-order valence-corrected chi connectivity index (χ2v) is 5.24. The van der Waals surface area contributed by atoms with Crippen molar-refractivity contribution in [2.75, 3.05) is 0 Å². The second kappa shape index (κ2) is 4.31. The van der Waals surface area contributed by atoms with Crippen LogP contribution in [-0.4, -0.2) is 42.6 Å². The van der Waals surface area contributed by atoms with E-state index in [1.54, 1.807) is 13.8 Å². The van der Waals surface area contributed by atoms with E-state index in [1.165, 1.54) is 0 Å². The van der Waals surface area contributed by atoms with E-state index >= 15 is 0 Å². The number of hydrogen-bond donors (Lipinski definition) is 0. The molecule has 3 aliphatic heterocycles. The average molecular weight is 268 g/mol. The average Bonchev–Trinajstić information content (AvgIpc) is 2.93. The maximum absolute atomic E-state index is 11.5. The van der Waals surface area contributed by atoms with Crippen LogP contribution in [-0.2, 0) is 28.5 Å². The van der Waals surface area contributed by atoms with E-state index < -0.39 is 12.3 Å². The predicted octanol–water partition coefficient (Wildman–Crippen LogP) is 0.550. The maximum Gasteiger partial charge on any atom is 0.335 e. The van der Waals surface area contributed by atoms with Crippen molar-refractivity contribution in [1.82, 2.24) is 0 Å². The lowest BCUT2D eigenvalue weighted by Crippen LogP contribution is -2.41. The minimum atomic E-state index is -0.727. The van der Waals surface area contributed by atoms with Gasteiger partial charge in [-0.3, -0.25) is 4.79 Å². The monoisotopic (exact) mass is 268 g/mol. The SMILES string of the molecule is C=C(C)C(=O)OC(C)OC1C2CC3C(=O)OC1C3O2. The van der Waals surface area contributed by atoms with Gasteiger partial charge in [0.2, 0.25) is 6.29 Å². The van der Waals surface area contributed by atoms with Crippen LogP contribution in [0.1, 0.15) is 20.3 Å². The maximum atomic E-state index is 11.5. The molecular weight excluding hydrogens is 252 g/mol. The molecule has 6 unspecified atom stereocenters. The zero-order valence-electron chi connectivity index (χ0n) is 10.8. The van der Waals surface area contributed by atoms with Crippen LogP contribution in [0.25, 0.3) is 0 Å². The molecule has 3 saturated heterocycles. The summed E-state index contributed by atoms with van der Waals surface area (Å²) in [5.74, 6) is -0.865. The highest BCUT2D eigenvalue weighted by Gasteiger charge is 2.64. The molecule has 0 aromatic carbocycles. The molecule has 6 atom stereocenters. The Balaban J connectivity index is 1.61. The van der Waals surface area contributed by atoms with Gasteiger partial charge in [0.05, 0.1) is 12.0 Å². The minimum absolute atomic E-state index is 0.150. The van der Waals surface area contributed by atoms with Crippen LogP contribution in [0, 0.1) is 5.92 Å². The highest BCUT2D eigenvalue weighted by atomic mass is 16.7. The zero-order chi connectivity index (χ0) is 13.7. The van der Waals surface area contributed by atoms with Crippen molar-refractivity contribution in [1.29, 1.82) is 0 Å². The number of hydrogen-bond acceptors (Lipinski definition) is 6. The molecule has 0 aromatic rings. The third kappa shape index (κ3) is 1.95. The lowest BCUT2D eigenvalue weighted by atomic mass is 9.88. The second-order valence-electron chi connectivity index (χ2n) is 5.24. The molecule has 6 heteroatoms. The summed E-state index contributed by atoms with van der Waals surface area (Å²) in [5.41, 5.74) is 0.312. The Labute approximate surface area is 110 Å². The van der Waals surface area contributed by atoms with Gasteiger partial charge in [-0.1, -0.05) is 6.58 Å². The molecule has 3 aliphatic rings. The Morgan fingerprint density at radius 3 is 2.89 bits per heavy atom. The lowest BCUT2D eigenvalue weighted by molar-refractivity contribution is -0.194. The Morgan fingerprint density at radius 1 is 1.47 bits per heavy atom. The van der Waals surface area contributed by atoms with Crippen molar-refractivity contribution >= 4 is 11.9 Å². The van der Waals surface area contributed by atoms with E-state index in [9.17, 15) is 9.59 Å². The van der Waals surface area contributed by atoms with E-state index in [2.05, 4.69) is 6.58 Å². The van der Waals surface area contributed by atoms with Gasteiger partial charge in [-0.2, -0.15) is 0 Å². The summed E-state index contributed by atoms with van der Waals surface area (Å²) in [5, 5.41) is 0. The van der Waals surface area contributed by atoms with Gasteiger partial charge in [-0.25, -0.2) is 4.79 Å². The van der Waals surface area contributed by atoms with Gasteiger partial charge in [-0.15, -0.1) is 0 Å². The largest absolute Gasteiger partial charge is 0.456 e. The molecule has 104 valence electrons. The molecule has 6 nitrogen and oxygen atoms in total. The van der Waals surface area contributed by atoms with Gasteiger partial charge in [0, 0.05) is 5.57 Å². The molecule has 3 fully saturated rings. The lowest BCUT2D eigenvalue weighted by Gasteiger charge is -2.25. The highest BCUT2D eigenvalue weighted by molar-refractivity contribution is 5.87. The summed E-state index contributed by atoms with van der Waals surface area (Å²) in [6.07, 6.45) is -1.20. The van der Waals surface area contributed by atoms with Crippen LogP contribution in [0.5, 0.6) is 0 Å². The van der Waals surface area contributed by atoms with Crippen LogP contribution in [0.4, 0.5) is 0 Å². The molecule has 19 heavy (non-hydrogen) atoms. The molecule has 2 bridgehead atoms. The summed E-state index contributed by atoms with van der Waals surface area (Å²) in [6.45, 7) is 6.70. The van der Waals surface area contributed by atoms with Crippen molar-refractivity contribution in [3.05, 3.63) is 12.2 Å². The Bertz CT molecular complexity index is 444. The fourth-order valence-corrected chi connectivity index (χ4v) is 2.90. The number of carbonyl (C=O) groups excluding carboxylic acids is 2. The summed E-state index contributed by atoms with van der Waals surface area (Å²) >= 11 is 0. The van der Waals surface area contributed by atoms with Gasteiger partial charge in [-0.05, 0) is 20.3 Å². The fourth-order valence-electron chi connectivity index (χ4n) is 2.90. The first-order chi connectivity index (χ1) is 8.97. The van der Waals surface area contributed by atoms with Crippen molar-refractivity contribution in [3.63, 3.8) is 0 Å². The number of ether oxygens (including phenoxy) is 4. The molecule has 0 aliphatic carbocycles. The van der Waals surface area contributed by atoms with Crippen molar-refractivity contribution in [2.45, 2.75) is 51.0 Å². The molecule has 0 spiro atoms. The fraction of sp³-hybridized carbons (Fsp3) is 0.692. The normalized spacial score (nSPS) is 40.1. The van der Waals surface area contributed by atoms with Gasteiger partial charge < -0.3 is 18.9 Å². The standard InChI is InChI=1S/C13H16O6/c1-5(2)12(14)17-6(3)16-10-8-4-7-9(18-8)11(10)19-13(7)15/h6-11H,1,4H2,2-3H3. The van der Waals surface area contributed by atoms with E-state index in [-0.39, 0.29) is 36.3 Å². The van der Waals surface area contributed by atoms with Gasteiger partial charge in [0.15, 0.2) is 6.10 Å². The molecular formula is C13H16O6. The van der Waals surface area contributed by atoms with Crippen LogP contribution >= 0.6 is 0 Å². The van der Waals surface area contributed by atoms with Gasteiger partial charge >= 0.3 is 11.9 Å². The molecule has 3 rings (SSSR count). The van der Waals surface area contributed by atoms with Crippen LogP contribution in [0.2, 0.25) is 0 Å². The minimum Gasteiger partial charge on any atom is -0.456 e. The zero-order valence-corrected chi connectivity index (χ0v) is 10.8. The third-order valence-corrected chi connectivity index (χ3v) is 3.75. The molecule has 0 amide bonds. The molecule has 3 heterocycles. The van der Waals surface area contributed by atoms with Crippen LogP contribution < -0.4 is 0 Å². The smallest absolute Gasteiger partial charge is 0.335 e. The predicted molar refractivity (Wildman–Crippen MR) is 61.9 cm³/mol. The Morgan fingerprint density at radius 2 is 2.21 bits per heavy atom. The van der Waals surface area contributed by atoms with Crippen LogP contribution in [0.15, 0.2) is 12.2 Å². The first-order valence-electron chi connectivity index (χ1n) is 6.35. The van der Waals surface area contributed by atoms with E-state index in [1.807, 2.05) is 0 Å². The Hall–Kier alpha value is -1.40. The topological polar surface area (TPSA) is 71.1 Å². The first kappa shape index (κ1) is 12.6. The summed E-state index contributed by atoms with van der Waals surface area (Å²) in [7, 11) is 0. The van der Waals surface area contributed by atoms with E-state index in [0.29, 0.717) is 12.0 Å². The van der Waals surface area contributed by atoms with Gasteiger partial charge in [0.1, 0.15) is 12.2 Å². The number of esters is 2.